The van der Waals surface area contributed by atoms with E-state index in [9.17, 15) is 9.90 Å². The Morgan fingerprint density at radius 3 is 2.55 bits per heavy atom. The molecular formula is C18H24O4. The van der Waals surface area contributed by atoms with Gasteiger partial charge in [-0.15, -0.1) is 0 Å². The molecule has 1 saturated carbocycles. The molecule has 4 heteroatoms. The molecular weight excluding hydrogens is 280 g/mol. The summed E-state index contributed by atoms with van der Waals surface area (Å²) in [7, 11) is 0. The van der Waals surface area contributed by atoms with E-state index in [1.165, 1.54) is 0 Å². The lowest BCUT2D eigenvalue weighted by atomic mass is 9.69. The average molecular weight is 304 g/mol. The summed E-state index contributed by atoms with van der Waals surface area (Å²) in [5.74, 6) is -1.27. The van der Waals surface area contributed by atoms with Crippen LogP contribution in [0.5, 0.6) is 0 Å². The van der Waals surface area contributed by atoms with E-state index in [1.807, 2.05) is 38.1 Å². The lowest BCUT2D eigenvalue weighted by Gasteiger charge is -2.34. The topological polar surface area (TPSA) is 55.8 Å². The number of carbonyl (C=O) groups is 1. The Kier molecular flexibility index (Phi) is 4.00. The molecule has 3 rings (SSSR count). The summed E-state index contributed by atoms with van der Waals surface area (Å²) in [6.07, 6.45) is 4.41. The van der Waals surface area contributed by atoms with Crippen LogP contribution in [0.15, 0.2) is 24.3 Å². The summed E-state index contributed by atoms with van der Waals surface area (Å²) >= 11 is 0. The monoisotopic (exact) mass is 304 g/mol. The maximum Gasteiger partial charge on any atom is 0.314 e. The first-order valence-corrected chi connectivity index (χ1v) is 8.09. The zero-order valence-electron chi connectivity index (χ0n) is 13.3. The zero-order chi connectivity index (χ0) is 15.8. The van der Waals surface area contributed by atoms with Crippen LogP contribution in [-0.2, 0) is 19.7 Å². The number of carboxylic acids is 1. The second kappa shape index (κ2) is 5.67. The van der Waals surface area contributed by atoms with Crippen LogP contribution < -0.4 is 0 Å². The SMILES string of the molecule is CC1(C)OCC(c2cccc(C3(C(=O)O)CCCCC3)c2)O1. The van der Waals surface area contributed by atoms with Gasteiger partial charge in [-0.1, -0.05) is 43.5 Å². The van der Waals surface area contributed by atoms with E-state index in [1.54, 1.807) is 0 Å². The third kappa shape index (κ3) is 2.77. The Balaban J connectivity index is 1.91. The largest absolute Gasteiger partial charge is 0.481 e. The van der Waals surface area contributed by atoms with Crippen LogP contribution in [-0.4, -0.2) is 23.5 Å². The van der Waals surface area contributed by atoms with Gasteiger partial charge in [0, 0.05) is 0 Å². The molecule has 1 aliphatic heterocycles. The number of hydrogen-bond acceptors (Lipinski definition) is 3. The lowest BCUT2D eigenvalue weighted by molar-refractivity contribution is -0.145. The molecule has 1 aromatic rings. The molecule has 1 heterocycles. The quantitative estimate of drug-likeness (QED) is 0.923. The van der Waals surface area contributed by atoms with Crippen LogP contribution in [0.3, 0.4) is 0 Å². The van der Waals surface area contributed by atoms with Gasteiger partial charge in [-0.3, -0.25) is 4.79 Å². The third-order valence-corrected chi connectivity index (χ3v) is 4.94. The predicted molar refractivity (Wildman–Crippen MR) is 82.7 cm³/mol. The van der Waals surface area contributed by atoms with E-state index >= 15 is 0 Å². The highest BCUT2D eigenvalue weighted by atomic mass is 16.7. The van der Waals surface area contributed by atoms with Crippen LogP contribution >= 0.6 is 0 Å². The van der Waals surface area contributed by atoms with E-state index in [-0.39, 0.29) is 6.10 Å². The first kappa shape index (κ1) is 15.5. The minimum atomic E-state index is -0.733. The maximum absolute atomic E-state index is 12.0. The van der Waals surface area contributed by atoms with Gasteiger partial charge in [0.05, 0.1) is 12.0 Å². The lowest BCUT2D eigenvalue weighted by Crippen LogP contribution is -2.37. The molecule has 1 N–H and O–H groups in total. The summed E-state index contributed by atoms with van der Waals surface area (Å²) in [5.41, 5.74) is 1.18. The molecule has 1 atom stereocenters. The van der Waals surface area contributed by atoms with Crippen molar-refractivity contribution in [1.29, 1.82) is 0 Å². The molecule has 120 valence electrons. The van der Waals surface area contributed by atoms with Gasteiger partial charge in [-0.25, -0.2) is 0 Å². The summed E-state index contributed by atoms with van der Waals surface area (Å²) in [5, 5.41) is 9.83. The predicted octanol–water partition coefficient (Wildman–Crippen LogP) is 3.80. The molecule has 22 heavy (non-hydrogen) atoms. The Bertz CT molecular complexity index is 558. The van der Waals surface area contributed by atoms with E-state index in [2.05, 4.69) is 0 Å². The summed E-state index contributed by atoms with van der Waals surface area (Å²) in [4.78, 5) is 12.0. The molecule has 1 unspecified atom stereocenters. The first-order valence-electron chi connectivity index (χ1n) is 8.09. The molecule has 1 saturated heterocycles. The number of hydrogen-bond donors (Lipinski definition) is 1. The first-order chi connectivity index (χ1) is 10.4. The number of carboxylic acid groups (broad SMARTS) is 1. The molecule has 2 aliphatic rings. The van der Waals surface area contributed by atoms with Crippen molar-refractivity contribution in [3.05, 3.63) is 35.4 Å². The Hall–Kier alpha value is -1.39. The minimum Gasteiger partial charge on any atom is -0.481 e. The zero-order valence-corrected chi connectivity index (χ0v) is 13.3. The van der Waals surface area contributed by atoms with E-state index < -0.39 is 17.2 Å². The van der Waals surface area contributed by atoms with E-state index in [0.29, 0.717) is 6.61 Å². The smallest absolute Gasteiger partial charge is 0.314 e. The van der Waals surface area contributed by atoms with E-state index in [0.717, 1.165) is 43.2 Å². The summed E-state index contributed by atoms with van der Waals surface area (Å²) < 4.78 is 11.5. The number of rotatable bonds is 3. The Morgan fingerprint density at radius 1 is 1.23 bits per heavy atom. The third-order valence-electron chi connectivity index (χ3n) is 4.94. The van der Waals surface area contributed by atoms with Crippen molar-refractivity contribution in [2.24, 2.45) is 0 Å². The van der Waals surface area contributed by atoms with Crippen LogP contribution in [0.2, 0.25) is 0 Å². The number of aliphatic carboxylic acids is 1. The van der Waals surface area contributed by atoms with Crippen molar-refractivity contribution in [3.63, 3.8) is 0 Å². The number of ether oxygens (including phenoxy) is 2. The van der Waals surface area contributed by atoms with Gasteiger partial charge < -0.3 is 14.6 Å². The van der Waals surface area contributed by atoms with Crippen LogP contribution in [0, 0.1) is 0 Å². The molecule has 0 spiro atoms. The average Bonchev–Trinajstić information content (AvgIpc) is 2.88. The Morgan fingerprint density at radius 2 is 1.95 bits per heavy atom. The van der Waals surface area contributed by atoms with Gasteiger partial charge >= 0.3 is 5.97 Å². The molecule has 1 aliphatic carbocycles. The second-order valence-electron chi connectivity index (χ2n) is 6.89. The van der Waals surface area contributed by atoms with Crippen molar-refractivity contribution in [2.45, 2.75) is 63.3 Å². The van der Waals surface area contributed by atoms with Gasteiger partial charge in [-0.2, -0.15) is 0 Å². The van der Waals surface area contributed by atoms with Crippen LogP contribution in [0.4, 0.5) is 0 Å². The fraction of sp³-hybridized carbons (Fsp3) is 0.611. The molecule has 0 amide bonds. The minimum absolute atomic E-state index is 0.121. The van der Waals surface area contributed by atoms with Crippen molar-refractivity contribution < 1.29 is 19.4 Å². The normalized spacial score (nSPS) is 26.7. The fourth-order valence-electron chi connectivity index (χ4n) is 3.67. The van der Waals surface area contributed by atoms with Crippen LogP contribution in [0.25, 0.3) is 0 Å². The molecule has 2 fully saturated rings. The van der Waals surface area contributed by atoms with Gasteiger partial charge in [-0.05, 0) is 37.8 Å². The standard InChI is InChI=1S/C18H24O4/c1-17(2)21-12-15(22-17)13-7-6-8-14(11-13)18(16(19)20)9-4-3-5-10-18/h6-8,11,15H,3-5,9-10,12H2,1-2H3,(H,19,20). The van der Waals surface area contributed by atoms with Crippen molar-refractivity contribution in [1.82, 2.24) is 0 Å². The van der Waals surface area contributed by atoms with Gasteiger partial charge in [0.1, 0.15) is 6.10 Å². The van der Waals surface area contributed by atoms with Crippen molar-refractivity contribution in [3.8, 4) is 0 Å². The Labute approximate surface area is 131 Å². The molecule has 0 bridgehead atoms. The highest BCUT2D eigenvalue weighted by Gasteiger charge is 2.42. The van der Waals surface area contributed by atoms with Crippen LogP contribution in [0.1, 0.15) is 63.2 Å². The molecule has 1 aromatic carbocycles. The van der Waals surface area contributed by atoms with Crippen molar-refractivity contribution >= 4 is 5.97 Å². The maximum atomic E-state index is 12.0. The highest BCUT2D eigenvalue weighted by Crippen LogP contribution is 2.41. The van der Waals surface area contributed by atoms with E-state index in [4.69, 9.17) is 9.47 Å². The fourth-order valence-corrected chi connectivity index (χ4v) is 3.67. The highest BCUT2D eigenvalue weighted by molar-refractivity contribution is 5.81. The second-order valence-corrected chi connectivity index (χ2v) is 6.89. The van der Waals surface area contributed by atoms with Crippen molar-refractivity contribution in [2.75, 3.05) is 6.61 Å². The van der Waals surface area contributed by atoms with Gasteiger partial charge in [0.2, 0.25) is 0 Å². The van der Waals surface area contributed by atoms with Gasteiger partial charge in [0.15, 0.2) is 5.79 Å². The van der Waals surface area contributed by atoms with Gasteiger partial charge in [0.25, 0.3) is 0 Å². The summed E-state index contributed by atoms with van der Waals surface area (Å²) in [6, 6.07) is 7.90. The number of benzene rings is 1. The summed E-state index contributed by atoms with van der Waals surface area (Å²) in [6.45, 7) is 4.31. The molecule has 4 nitrogen and oxygen atoms in total. The molecule has 0 aromatic heterocycles. The molecule has 0 radical (unpaired) electrons.